The second-order valence-electron chi connectivity index (χ2n) is 7.11. The van der Waals surface area contributed by atoms with Crippen LogP contribution >= 0.6 is 0 Å². The number of amides is 2. The number of hydrogen-bond acceptors (Lipinski definition) is 4. The van der Waals surface area contributed by atoms with E-state index in [9.17, 15) is 9.59 Å². The summed E-state index contributed by atoms with van der Waals surface area (Å²) in [4.78, 5) is 24.6. The second kappa shape index (κ2) is 9.17. The Morgan fingerprint density at radius 1 is 1.06 bits per heavy atom. The first kappa shape index (κ1) is 20.2. The van der Waals surface area contributed by atoms with Crippen LogP contribution in [0.2, 0.25) is 0 Å². The highest BCUT2D eigenvalue weighted by Gasteiger charge is 2.08. The minimum atomic E-state index is -0.324. The Bertz CT molecular complexity index is 1240. The maximum absolute atomic E-state index is 12.4. The van der Waals surface area contributed by atoms with Crippen molar-refractivity contribution in [2.24, 2.45) is 0 Å². The van der Waals surface area contributed by atoms with Crippen molar-refractivity contribution in [2.45, 2.75) is 13.5 Å². The Labute approximate surface area is 179 Å². The van der Waals surface area contributed by atoms with Gasteiger partial charge in [-0.25, -0.2) is 14.3 Å². The fraction of sp³-hybridized carbons (Fsp3) is 0.174. The maximum Gasteiger partial charge on any atom is 0.350 e. The number of carbonyl (C=O) groups is 1. The average molecular weight is 417 g/mol. The largest absolute Gasteiger partial charge is 0.492 e. The number of ether oxygens (including phenoxy) is 1. The van der Waals surface area contributed by atoms with Crippen LogP contribution in [0, 0.1) is 6.92 Å². The van der Waals surface area contributed by atoms with Crippen molar-refractivity contribution in [1.29, 1.82) is 0 Å². The van der Waals surface area contributed by atoms with E-state index in [2.05, 4.69) is 15.7 Å². The molecule has 0 atom stereocenters. The fourth-order valence-electron chi connectivity index (χ4n) is 3.13. The summed E-state index contributed by atoms with van der Waals surface area (Å²) in [5, 5.41) is 9.89. The number of carbonyl (C=O) groups excluding carboxylic acids is 1. The SMILES string of the molecule is Cc1ccc(OCCNC(=O)Nc2cccc(Cn3nc4ccccn4c3=O)c2)cc1. The Morgan fingerprint density at radius 2 is 1.90 bits per heavy atom. The number of hydrogen-bond donors (Lipinski definition) is 2. The number of nitrogens with one attached hydrogen (secondary N) is 2. The van der Waals surface area contributed by atoms with Crippen LogP contribution in [0.4, 0.5) is 10.5 Å². The fourth-order valence-corrected chi connectivity index (χ4v) is 3.13. The average Bonchev–Trinajstić information content (AvgIpc) is 3.08. The van der Waals surface area contributed by atoms with Gasteiger partial charge in [-0.2, -0.15) is 0 Å². The predicted octanol–water partition coefficient (Wildman–Crippen LogP) is 3.05. The molecule has 2 heterocycles. The van der Waals surface area contributed by atoms with E-state index in [4.69, 9.17) is 4.74 Å². The summed E-state index contributed by atoms with van der Waals surface area (Å²) in [5.74, 6) is 0.766. The molecule has 2 amide bonds. The Balaban J connectivity index is 1.30. The van der Waals surface area contributed by atoms with Crippen molar-refractivity contribution in [2.75, 3.05) is 18.5 Å². The number of anilines is 1. The van der Waals surface area contributed by atoms with E-state index in [-0.39, 0.29) is 11.7 Å². The number of fused-ring (bicyclic) bond motifs is 1. The van der Waals surface area contributed by atoms with Gasteiger partial charge in [-0.05, 0) is 48.9 Å². The van der Waals surface area contributed by atoms with Gasteiger partial charge < -0.3 is 15.4 Å². The Morgan fingerprint density at radius 3 is 2.71 bits per heavy atom. The number of nitrogens with zero attached hydrogens (tertiary/aromatic N) is 3. The highest BCUT2D eigenvalue weighted by Crippen LogP contribution is 2.12. The van der Waals surface area contributed by atoms with Gasteiger partial charge in [-0.3, -0.25) is 4.40 Å². The zero-order valence-corrected chi connectivity index (χ0v) is 17.1. The molecule has 0 aliphatic rings. The number of benzene rings is 2. The normalized spacial score (nSPS) is 10.7. The van der Waals surface area contributed by atoms with E-state index in [0.29, 0.717) is 31.0 Å². The van der Waals surface area contributed by atoms with Crippen LogP contribution in [-0.4, -0.2) is 33.4 Å². The van der Waals surface area contributed by atoms with Crippen LogP contribution in [0.15, 0.2) is 77.7 Å². The third kappa shape index (κ3) is 5.11. The number of pyridine rings is 1. The third-order valence-corrected chi connectivity index (χ3v) is 4.68. The van der Waals surface area contributed by atoms with Crippen LogP contribution in [-0.2, 0) is 6.54 Å². The molecule has 8 heteroatoms. The van der Waals surface area contributed by atoms with Crippen molar-refractivity contribution in [3.8, 4) is 5.75 Å². The van der Waals surface area contributed by atoms with Gasteiger partial charge in [0, 0.05) is 11.9 Å². The molecule has 0 radical (unpaired) electrons. The monoisotopic (exact) mass is 417 g/mol. The molecule has 0 saturated heterocycles. The van der Waals surface area contributed by atoms with Crippen LogP contribution in [0.1, 0.15) is 11.1 Å². The lowest BCUT2D eigenvalue weighted by Gasteiger charge is -2.10. The van der Waals surface area contributed by atoms with Crippen molar-refractivity contribution in [1.82, 2.24) is 19.5 Å². The topological polar surface area (TPSA) is 89.7 Å². The highest BCUT2D eigenvalue weighted by atomic mass is 16.5. The first-order valence-electron chi connectivity index (χ1n) is 9.96. The van der Waals surface area contributed by atoms with Gasteiger partial charge in [-0.1, -0.05) is 35.9 Å². The minimum Gasteiger partial charge on any atom is -0.492 e. The molecular formula is C23H23N5O3. The number of aromatic nitrogens is 3. The van der Waals surface area contributed by atoms with Gasteiger partial charge in [0.2, 0.25) is 0 Å². The molecule has 8 nitrogen and oxygen atoms in total. The van der Waals surface area contributed by atoms with Gasteiger partial charge in [0.05, 0.1) is 13.1 Å². The van der Waals surface area contributed by atoms with Gasteiger partial charge in [0.25, 0.3) is 0 Å². The summed E-state index contributed by atoms with van der Waals surface area (Å²) in [6.45, 7) is 3.06. The minimum absolute atomic E-state index is 0.208. The summed E-state index contributed by atoms with van der Waals surface area (Å²) in [5.41, 5.74) is 3.03. The molecule has 4 rings (SSSR count). The standard InChI is InChI=1S/C23H23N5O3/c1-17-8-10-20(11-9-17)31-14-12-24-22(29)25-19-6-4-5-18(15-19)16-28-23(30)27-13-3-2-7-21(27)26-28/h2-11,13,15H,12,14,16H2,1H3,(H2,24,25,29). The second-order valence-corrected chi connectivity index (χ2v) is 7.11. The van der Waals surface area contributed by atoms with Crippen LogP contribution in [0.5, 0.6) is 5.75 Å². The van der Waals surface area contributed by atoms with Crippen molar-refractivity contribution in [3.63, 3.8) is 0 Å². The molecule has 0 unspecified atom stereocenters. The molecule has 2 aromatic heterocycles. The summed E-state index contributed by atoms with van der Waals surface area (Å²) < 4.78 is 8.49. The van der Waals surface area contributed by atoms with Gasteiger partial charge in [0.15, 0.2) is 5.65 Å². The van der Waals surface area contributed by atoms with E-state index in [1.807, 2.05) is 55.5 Å². The van der Waals surface area contributed by atoms with E-state index < -0.39 is 0 Å². The highest BCUT2D eigenvalue weighted by molar-refractivity contribution is 5.89. The van der Waals surface area contributed by atoms with Gasteiger partial charge in [0.1, 0.15) is 12.4 Å². The third-order valence-electron chi connectivity index (χ3n) is 4.68. The quantitative estimate of drug-likeness (QED) is 0.452. The summed E-state index contributed by atoms with van der Waals surface area (Å²) >= 11 is 0. The molecule has 0 fully saturated rings. The first-order valence-corrected chi connectivity index (χ1v) is 9.96. The summed E-state index contributed by atoms with van der Waals surface area (Å²) in [6, 6.07) is 20.1. The number of aryl methyl sites for hydroxylation is 1. The lowest BCUT2D eigenvalue weighted by Crippen LogP contribution is -2.32. The Hall–Kier alpha value is -4.07. The zero-order chi connectivity index (χ0) is 21.6. The van der Waals surface area contributed by atoms with Crippen molar-refractivity contribution >= 4 is 17.4 Å². The molecule has 158 valence electrons. The van der Waals surface area contributed by atoms with E-state index in [0.717, 1.165) is 16.9 Å². The summed E-state index contributed by atoms with van der Waals surface area (Å²) in [6.07, 6.45) is 1.69. The van der Waals surface area contributed by atoms with Crippen molar-refractivity contribution in [3.05, 3.63) is 94.5 Å². The van der Waals surface area contributed by atoms with E-state index in [1.54, 1.807) is 24.4 Å². The molecule has 0 bridgehead atoms. The Kier molecular flexibility index (Phi) is 5.98. The predicted molar refractivity (Wildman–Crippen MR) is 119 cm³/mol. The molecule has 0 spiro atoms. The molecule has 31 heavy (non-hydrogen) atoms. The van der Waals surface area contributed by atoms with E-state index in [1.165, 1.54) is 9.08 Å². The molecule has 2 aromatic carbocycles. The number of urea groups is 1. The number of rotatable bonds is 7. The van der Waals surface area contributed by atoms with Crippen molar-refractivity contribution < 1.29 is 9.53 Å². The van der Waals surface area contributed by atoms with Crippen LogP contribution in [0.3, 0.4) is 0 Å². The molecule has 0 saturated carbocycles. The molecule has 0 aliphatic heterocycles. The summed E-state index contributed by atoms with van der Waals surface area (Å²) in [7, 11) is 0. The smallest absolute Gasteiger partial charge is 0.350 e. The van der Waals surface area contributed by atoms with Crippen LogP contribution in [0.25, 0.3) is 5.65 Å². The maximum atomic E-state index is 12.4. The molecule has 0 aliphatic carbocycles. The first-order chi connectivity index (χ1) is 15.1. The molecule has 2 N–H and O–H groups in total. The zero-order valence-electron chi connectivity index (χ0n) is 17.1. The van der Waals surface area contributed by atoms with Gasteiger partial charge in [-0.15, -0.1) is 5.10 Å². The lowest BCUT2D eigenvalue weighted by molar-refractivity contribution is 0.247. The molecule has 4 aromatic rings. The van der Waals surface area contributed by atoms with Gasteiger partial charge >= 0.3 is 11.7 Å². The van der Waals surface area contributed by atoms with E-state index >= 15 is 0 Å². The lowest BCUT2D eigenvalue weighted by atomic mass is 10.2. The van der Waals surface area contributed by atoms with Crippen LogP contribution < -0.4 is 21.1 Å². The molecular weight excluding hydrogens is 394 g/mol.